The molecule has 0 atom stereocenters. The third-order valence-electron chi connectivity index (χ3n) is 2.79. The number of alkyl halides is 3. The second-order valence-corrected chi connectivity index (χ2v) is 4.10. The average Bonchev–Trinajstić information content (AvgIpc) is 2.40. The summed E-state index contributed by atoms with van der Waals surface area (Å²) in [4.78, 5) is 3.69. The molecule has 0 aliphatic heterocycles. The van der Waals surface area contributed by atoms with Gasteiger partial charge in [0.05, 0.1) is 18.9 Å². The molecule has 0 spiro atoms. The molecule has 0 unspecified atom stereocenters. The Hall–Kier alpha value is -2.38. The molecule has 2 N–H and O–H groups in total. The van der Waals surface area contributed by atoms with E-state index in [1.165, 1.54) is 7.11 Å². The van der Waals surface area contributed by atoms with Crippen LogP contribution in [0.5, 0.6) is 5.75 Å². The number of anilines is 1. The van der Waals surface area contributed by atoms with Crippen LogP contribution in [0.4, 0.5) is 27.6 Å². The lowest BCUT2D eigenvalue weighted by molar-refractivity contribution is -0.139. The van der Waals surface area contributed by atoms with Gasteiger partial charge in [-0.15, -0.1) is 0 Å². The zero-order valence-electron chi connectivity index (χ0n) is 10.6. The molecule has 0 aliphatic rings. The van der Waals surface area contributed by atoms with Crippen LogP contribution in [0.15, 0.2) is 24.4 Å². The second-order valence-electron chi connectivity index (χ2n) is 4.10. The summed E-state index contributed by atoms with van der Waals surface area (Å²) in [6.45, 7) is 0. The first-order valence-corrected chi connectivity index (χ1v) is 5.60. The molecule has 1 aromatic carbocycles. The molecule has 0 amide bonds. The fourth-order valence-corrected chi connectivity index (χ4v) is 1.74. The minimum Gasteiger partial charge on any atom is -0.493 e. The van der Waals surface area contributed by atoms with Gasteiger partial charge in [-0.2, -0.15) is 13.2 Å². The molecule has 1 heterocycles. The van der Waals surface area contributed by atoms with Crippen molar-refractivity contribution in [3.63, 3.8) is 0 Å². The third-order valence-corrected chi connectivity index (χ3v) is 2.79. The normalized spacial score (nSPS) is 11.5. The molecule has 0 aliphatic carbocycles. The molecule has 1 aromatic heterocycles. The van der Waals surface area contributed by atoms with E-state index in [1.807, 2.05) is 0 Å². The number of nitrogens with two attached hydrogens (primary N) is 1. The first kappa shape index (κ1) is 15.0. The first-order valence-electron chi connectivity index (χ1n) is 5.60. The van der Waals surface area contributed by atoms with E-state index in [1.54, 1.807) is 0 Å². The highest BCUT2D eigenvalue weighted by atomic mass is 19.4. The number of rotatable bonds is 2. The number of ether oxygens (including phenoxy) is 1. The Balaban J connectivity index is 2.54. The van der Waals surface area contributed by atoms with Gasteiger partial charge in [0.25, 0.3) is 0 Å². The molecule has 21 heavy (non-hydrogen) atoms. The van der Waals surface area contributed by atoms with Crippen LogP contribution in [0.2, 0.25) is 0 Å². The summed E-state index contributed by atoms with van der Waals surface area (Å²) in [5.41, 5.74) is 3.14. The van der Waals surface area contributed by atoms with Crippen molar-refractivity contribution in [1.29, 1.82) is 0 Å². The minimum atomic E-state index is -4.83. The van der Waals surface area contributed by atoms with Gasteiger partial charge in [0, 0.05) is 5.56 Å². The third kappa shape index (κ3) is 2.74. The van der Waals surface area contributed by atoms with Gasteiger partial charge in [0.15, 0.2) is 11.6 Å². The molecule has 2 rings (SSSR count). The van der Waals surface area contributed by atoms with Crippen molar-refractivity contribution in [2.75, 3.05) is 12.8 Å². The van der Waals surface area contributed by atoms with E-state index in [-0.39, 0.29) is 22.7 Å². The predicted molar refractivity (Wildman–Crippen MR) is 65.6 cm³/mol. The number of halogens is 5. The Morgan fingerprint density at radius 1 is 1.19 bits per heavy atom. The van der Waals surface area contributed by atoms with E-state index in [2.05, 4.69) is 4.98 Å². The fraction of sp³-hybridized carbons (Fsp3) is 0.154. The molecule has 0 radical (unpaired) electrons. The number of methoxy groups -OCH3 is 1. The van der Waals surface area contributed by atoms with Crippen LogP contribution in [-0.4, -0.2) is 12.1 Å². The van der Waals surface area contributed by atoms with Crippen LogP contribution in [0.3, 0.4) is 0 Å². The summed E-state index contributed by atoms with van der Waals surface area (Å²) in [7, 11) is 1.25. The van der Waals surface area contributed by atoms with Gasteiger partial charge < -0.3 is 10.5 Å². The Bertz CT molecular complexity index is 685. The standard InChI is InChI=1S/C13H9F5N2O/c1-21-9-5-20-12(10(15)11(9)19)6-2-3-7(8(14)4-6)13(16,17)18/h2-5H,1H3,(H2,19,20). The molecule has 0 saturated heterocycles. The van der Waals surface area contributed by atoms with Crippen molar-refractivity contribution in [3.8, 4) is 17.0 Å². The number of pyridine rings is 1. The predicted octanol–water partition coefficient (Wildman–Crippen LogP) is 3.64. The summed E-state index contributed by atoms with van der Waals surface area (Å²) in [6.07, 6.45) is -3.73. The Morgan fingerprint density at radius 2 is 1.86 bits per heavy atom. The molecule has 2 aromatic rings. The average molecular weight is 304 g/mol. The van der Waals surface area contributed by atoms with E-state index in [4.69, 9.17) is 10.5 Å². The van der Waals surface area contributed by atoms with E-state index in [0.29, 0.717) is 12.1 Å². The SMILES string of the molecule is COc1cnc(-c2ccc(C(F)(F)F)c(F)c2)c(F)c1N. The first-order chi connectivity index (χ1) is 9.75. The van der Waals surface area contributed by atoms with Crippen molar-refractivity contribution in [3.05, 3.63) is 41.6 Å². The van der Waals surface area contributed by atoms with Crippen molar-refractivity contribution < 1.29 is 26.7 Å². The second kappa shape index (κ2) is 5.19. The summed E-state index contributed by atoms with van der Waals surface area (Å²) in [6, 6.07) is 2.00. The molecule has 3 nitrogen and oxygen atoms in total. The lowest BCUT2D eigenvalue weighted by Gasteiger charge is -2.11. The molecular formula is C13H9F5N2O. The maximum absolute atomic E-state index is 14.0. The number of hydrogen-bond donors (Lipinski definition) is 1. The van der Waals surface area contributed by atoms with Gasteiger partial charge in [-0.05, 0) is 12.1 Å². The molecule has 0 fully saturated rings. The van der Waals surface area contributed by atoms with Crippen molar-refractivity contribution in [2.24, 2.45) is 0 Å². The van der Waals surface area contributed by atoms with Gasteiger partial charge in [0.2, 0.25) is 0 Å². The molecule has 8 heteroatoms. The Labute approximate surface area is 116 Å². The zero-order chi connectivity index (χ0) is 15.8. The highest BCUT2D eigenvalue weighted by molar-refractivity contribution is 5.68. The summed E-state index contributed by atoms with van der Waals surface area (Å²) < 4.78 is 69.6. The lowest BCUT2D eigenvalue weighted by Crippen LogP contribution is -2.08. The van der Waals surface area contributed by atoms with Crippen LogP contribution in [0.1, 0.15) is 5.56 Å². The summed E-state index contributed by atoms with van der Waals surface area (Å²) in [5.74, 6) is -2.53. The summed E-state index contributed by atoms with van der Waals surface area (Å²) in [5, 5.41) is 0. The van der Waals surface area contributed by atoms with E-state index in [0.717, 1.165) is 12.3 Å². The minimum absolute atomic E-state index is 0.0244. The molecule has 0 saturated carbocycles. The highest BCUT2D eigenvalue weighted by Crippen LogP contribution is 2.35. The Kier molecular flexibility index (Phi) is 3.71. The highest BCUT2D eigenvalue weighted by Gasteiger charge is 2.34. The van der Waals surface area contributed by atoms with Crippen LogP contribution in [0.25, 0.3) is 11.3 Å². The number of aromatic nitrogens is 1. The van der Waals surface area contributed by atoms with Crippen molar-refractivity contribution in [2.45, 2.75) is 6.18 Å². The maximum atomic E-state index is 14.0. The Morgan fingerprint density at radius 3 is 2.38 bits per heavy atom. The van der Waals surface area contributed by atoms with E-state index >= 15 is 0 Å². The van der Waals surface area contributed by atoms with E-state index in [9.17, 15) is 22.0 Å². The number of nitrogen functional groups attached to an aromatic ring is 1. The van der Waals surface area contributed by atoms with Crippen LogP contribution in [-0.2, 0) is 6.18 Å². The van der Waals surface area contributed by atoms with Crippen LogP contribution >= 0.6 is 0 Å². The fourth-order valence-electron chi connectivity index (χ4n) is 1.74. The molecular weight excluding hydrogens is 295 g/mol. The smallest absolute Gasteiger partial charge is 0.419 e. The van der Waals surface area contributed by atoms with Gasteiger partial charge in [-0.3, -0.25) is 0 Å². The largest absolute Gasteiger partial charge is 0.493 e. The van der Waals surface area contributed by atoms with Crippen molar-refractivity contribution >= 4 is 5.69 Å². The number of nitrogens with zero attached hydrogens (tertiary/aromatic N) is 1. The lowest BCUT2D eigenvalue weighted by atomic mass is 10.1. The van der Waals surface area contributed by atoms with Crippen molar-refractivity contribution in [1.82, 2.24) is 4.98 Å². The van der Waals surface area contributed by atoms with Gasteiger partial charge in [-0.25, -0.2) is 13.8 Å². The number of benzene rings is 1. The van der Waals surface area contributed by atoms with Gasteiger partial charge >= 0.3 is 6.18 Å². The van der Waals surface area contributed by atoms with Crippen LogP contribution in [0, 0.1) is 11.6 Å². The molecule has 0 bridgehead atoms. The van der Waals surface area contributed by atoms with Crippen LogP contribution < -0.4 is 10.5 Å². The maximum Gasteiger partial charge on any atom is 0.419 e. The zero-order valence-corrected chi connectivity index (χ0v) is 10.6. The van der Waals surface area contributed by atoms with E-state index < -0.39 is 23.4 Å². The van der Waals surface area contributed by atoms with Gasteiger partial charge in [0.1, 0.15) is 17.2 Å². The molecule has 112 valence electrons. The topological polar surface area (TPSA) is 48.1 Å². The summed E-state index contributed by atoms with van der Waals surface area (Å²) >= 11 is 0. The number of hydrogen-bond acceptors (Lipinski definition) is 3. The quantitative estimate of drug-likeness (QED) is 0.862. The monoisotopic (exact) mass is 304 g/mol. The van der Waals surface area contributed by atoms with Gasteiger partial charge in [-0.1, -0.05) is 6.07 Å².